The maximum atomic E-state index is 13.6. The molecule has 2 aromatic rings. The summed E-state index contributed by atoms with van der Waals surface area (Å²) in [7, 11) is 0. The number of hydrogen-bond donors (Lipinski definition) is 0. The molecule has 0 saturated heterocycles. The van der Waals surface area contributed by atoms with Crippen LogP contribution in [0.15, 0.2) is 18.2 Å². The first-order valence-electron chi connectivity index (χ1n) is 5.43. The molecule has 2 rings (SSSR count). The molecule has 0 aromatic heterocycles. The summed E-state index contributed by atoms with van der Waals surface area (Å²) in [5.41, 5.74) is 0.348. The second-order valence-corrected chi connectivity index (χ2v) is 4.26. The molecule has 100 valence electrons. The molecule has 19 heavy (non-hydrogen) atoms. The van der Waals surface area contributed by atoms with Crippen LogP contribution in [0.5, 0.6) is 0 Å². The van der Waals surface area contributed by atoms with E-state index in [1.54, 1.807) is 26.0 Å². The van der Waals surface area contributed by atoms with Crippen LogP contribution in [0.25, 0.3) is 11.1 Å². The third-order valence-electron chi connectivity index (χ3n) is 2.86. The van der Waals surface area contributed by atoms with Crippen LogP contribution in [0.4, 0.5) is 22.0 Å². The van der Waals surface area contributed by atoms with E-state index in [0.717, 1.165) is 5.56 Å². The van der Waals surface area contributed by atoms with Gasteiger partial charge in [0.15, 0.2) is 23.3 Å². The topological polar surface area (TPSA) is 0 Å². The van der Waals surface area contributed by atoms with Gasteiger partial charge in [-0.3, -0.25) is 0 Å². The second-order valence-electron chi connectivity index (χ2n) is 4.26. The van der Waals surface area contributed by atoms with Crippen LogP contribution in [-0.2, 0) is 0 Å². The molecule has 0 unspecified atom stereocenters. The first-order chi connectivity index (χ1) is 8.84. The molecule has 2 aromatic carbocycles. The molecular formula is C14H9F5. The van der Waals surface area contributed by atoms with Gasteiger partial charge in [0.05, 0.1) is 5.56 Å². The third-order valence-corrected chi connectivity index (χ3v) is 2.86. The van der Waals surface area contributed by atoms with Gasteiger partial charge in [-0.25, -0.2) is 22.0 Å². The van der Waals surface area contributed by atoms with Gasteiger partial charge >= 0.3 is 0 Å². The summed E-state index contributed by atoms with van der Waals surface area (Å²) in [6, 6.07) is 4.48. The lowest BCUT2D eigenvalue weighted by Gasteiger charge is -2.11. The minimum atomic E-state index is -2.15. The van der Waals surface area contributed by atoms with Gasteiger partial charge in [-0.15, -0.1) is 0 Å². The second kappa shape index (κ2) is 4.64. The van der Waals surface area contributed by atoms with E-state index in [2.05, 4.69) is 0 Å². The SMILES string of the molecule is Cc1ccc(-c2c(F)c(F)c(F)c(F)c2F)c(C)c1. The lowest BCUT2D eigenvalue weighted by Crippen LogP contribution is -2.04. The van der Waals surface area contributed by atoms with Crippen LogP contribution in [0, 0.1) is 42.9 Å². The highest BCUT2D eigenvalue weighted by molar-refractivity contribution is 5.69. The Morgan fingerprint density at radius 2 is 1.16 bits per heavy atom. The molecule has 0 fully saturated rings. The Hall–Kier alpha value is -1.91. The van der Waals surface area contributed by atoms with Crippen LogP contribution in [-0.4, -0.2) is 0 Å². The average molecular weight is 272 g/mol. The van der Waals surface area contributed by atoms with E-state index in [0.29, 0.717) is 5.56 Å². The molecule has 0 bridgehead atoms. The molecule has 0 spiro atoms. The summed E-state index contributed by atoms with van der Waals surface area (Å²) >= 11 is 0. The number of rotatable bonds is 1. The van der Waals surface area contributed by atoms with E-state index in [-0.39, 0.29) is 5.56 Å². The lowest BCUT2D eigenvalue weighted by molar-refractivity contribution is 0.381. The fourth-order valence-corrected chi connectivity index (χ4v) is 1.94. The van der Waals surface area contributed by atoms with Crippen molar-refractivity contribution < 1.29 is 22.0 Å². The van der Waals surface area contributed by atoms with Gasteiger partial charge in [0.2, 0.25) is 5.82 Å². The summed E-state index contributed by atoms with van der Waals surface area (Å²) in [5.74, 6) is -9.65. The highest BCUT2D eigenvalue weighted by Crippen LogP contribution is 2.33. The molecule has 0 aliphatic heterocycles. The van der Waals surface area contributed by atoms with Gasteiger partial charge in [-0.05, 0) is 25.0 Å². The molecule has 0 N–H and O–H groups in total. The quantitative estimate of drug-likeness (QED) is 0.402. The Kier molecular flexibility index (Phi) is 3.30. The van der Waals surface area contributed by atoms with Gasteiger partial charge in [-0.1, -0.05) is 23.8 Å². The fraction of sp³-hybridized carbons (Fsp3) is 0.143. The predicted molar refractivity (Wildman–Crippen MR) is 61.1 cm³/mol. The van der Waals surface area contributed by atoms with Gasteiger partial charge < -0.3 is 0 Å². The van der Waals surface area contributed by atoms with Crippen molar-refractivity contribution in [2.75, 3.05) is 0 Å². The summed E-state index contributed by atoms with van der Waals surface area (Å²) < 4.78 is 66.5. The van der Waals surface area contributed by atoms with Gasteiger partial charge in [0.1, 0.15) is 0 Å². The highest BCUT2D eigenvalue weighted by Gasteiger charge is 2.27. The van der Waals surface area contributed by atoms with E-state index in [1.807, 2.05) is 0 Å². The summed E-state index contributed by atoms with van der Waals surface area (Å²) in [4.78, 5) is 0. The van der Waals surface area contributed by atoms with Crippen molar-refractivity contribution in [1.82, 2.24) is 0 Å². The molecule has 0 nitrogen and oxygen atoms in total. The minimum absolute atomic E-state index is 0.0154. The molecular weight excluding hydrogens is 263 g/mol. The largest absolute Gasteiger partial charge is 0.203 e. The Morgan fingerprint density at radius 3 is 1.63 bits per heavy atom. The molecule has 0 saturated carbocycles. The standard InChI is InChI=1S/C14H9F5/c1-6-3-4-8(7(2)5-6)9-10(15)12(17)14(19)13(18)11(9)16/h3-5H,1-2H3. The van der Waals surface area contributed by atoms with E-state index in [1.165, 1.54) is 6.07 Å². The zero-order valence-corrected chi connectivity index (χ0v) is 10.1. The number of benzene rings is 2. The van der Waals surface area contributed by atoms with Crippen LogP contribution < -0.4 is 0 Å². The fourth-order valence-electron chi connectivity index (χ4n) is 1.94. The first kappa shape index (κ1) is 13.5. The van der Waals surface area contributed by atoms with Crippen molar-refractivity contribution in [2.45, 2.75) is 13.8 Å². The molecule has 0 heterocycles. The van der Waals surface area contributed by atoms with Crippen LogP contribution in [0.3, 0.4) is 0 Å². The summed E-state index contributed by atoms with van der Waals surface area (Å²) in [6.45, 7) is 3.30. The van der Waals surface area contributed by atoms with Gasteiger partial charge in [-0.2, -0.15) is 0 Å². The van der Waals surface area contributed by atoms with E-state index in [9.17, 15) is 22.0 Å². The van der Waals surface area contributed by atoms with Crippen molar-refractivity contribution in [3.05, 3.63) is 58.4 Å². The average Bonchev–Trinajstić information content (AvgIpc) is 2.37. The Bertz CT molecular complexity index is 632. The number of halogens is 5. The Balaban J connectivity index is 2.83. The molecule has 0 radical (unpaired) electrons. The van der Waals surface area contributed by atoms with Gasteiger partial charge in [0.25, 0.3) is 0 Å². The molecule has 0 aliphatic rings. The van der Waals surface area contributed by atoms with Crippen molar-refractivity contribution in [1.29, 1.82) is 0 Å². The van der Waals surface area contributed by atoms with Crippen molar-refractivity contribution in [2.24, 2.45) is 0 Å². The van der Waals surface area contributed by atoms with E-state index >= 15 is 0 Å². The smallest absolute Gasteiger partial charge is 0.200 e. The van der Waals surface area contributed by atoms with Crippen molar-refractivity contribution in [3.63, 3.8) is 0 Å². The van der Waals surface area contributed by atoms with Gasteiger partial charge in [0, 0.05) is 0 Å². The molecule has 0 atom stereocenters. The Labute approximate surface area is 106 Å². The first-order valence-corrected chi connectivity index (χ1v) is 5.43. The summed E-state index contributed by atoms with van der Waals surface area (Å²) in [6.07, 6.45) is 0. The number of aryl methyl sites for hydroxylation is 2. The van der Waals surface area contributed by atoms with Crippen molar-refractivity contribution in [3.8, 4) is 11.1 Å². The summed E-state index contributed by atoms with van der Waals surface area (Å²) in [5, 5.41) is 0. The normalized spacial score (nSPS) is 10.9. The monoisotopic (exact) mass is 272 g/mol. The highest BCUT2D eigenvalue weighted by atomic mass is 19.2. The van der Waals surface area contributed by atoms with E-state index < -0.39 is 34.6 Å². The molecule has 0 aliphatic carbocycles. The predicted octanol–water partition coefficient (Wildman–Crippen LogP) is 4.67. The maximum absolute atomic E-state index is 13.6. The third kappa shape index (κ3) is 2.09. The number of hydrogen-bond acceptors (Lipinski definition) is 0. The van der Waals surface area contributed by atoms with Crippen LogP contribution in [0.1, 0.15) is 11.1 Å². The van der Waals surface area contributed by atoms with Crippen LogP contribution in [0.2, 0.25) is 0 Å². The van der Waals surface area contributed by atoms with E-state index in [4.69, 9.17) is 0 Å². The lowest BCUT2D eigenvalue weighted by atomic mass is 9.97. The Morgan fingerprint density at radius 1 is 0.684 bits per heavy atom. The molecule has 0 amide bonds. The molecule has 5 heteroatoms. The minimum Gasteiger partial charge on any atom is -0.203 e. The zero-order valence-electron chi connectivity index (χ0n) is 10.1. The zero-order chi connectivity index (χ0) is 14.3. The maximum Gasteiger partial charge on any atom is 0.200 e. The van der Waals surface area contributed by atoms with Crippen molar-refractivity contribution >= 4 is 0 Å². The van der Waals surface area contributed by atoms with Crippen LogP contribution >= 0.6 is 0 Å².